The van der Waals surface area contributed by atoms with Gasteiger partial charge in [-0.05, 0) is 24.3 Å². The van der Waals surface area contributed by atoms with Crippen LogP contribution in [0.5, 0.6) is 0 Å². The van der Waals surface area contributed by atoms with Crippen molar-refractivity contribution in [3.63, 3.8) is 0 Å². The molecular weight excluding hydrogens is 243 g/mol. The molecule has 4 nitrogen and oxygen atoms in total. The first-order chi connectivity index (χ1) is 9.22. The first-order valence-electron chi connectivity index (χ1n) is 5.51. The fraction of sp³-hybridized carbons (Fsp3) is 0.0714. The lowest BCUT2D eigenvalue weighted by atomic mass is 10.1. The first-order valence-corrected chi connectivity index (χ1v) is 5.51. The Balaban J connectivity index is 2.11. The van der Waals surface area contributed by atoms with Gasteiger partial charge in [0.1, 0.15) is 17.6 Å². The molecule has 1 heterocycles. The van der Waals surface area contributed by atoms with Crippen molar-refractivity contribution in [2.45, 2.75) is 6.54 Å². The molecule has 0 unspecified atom stereocenters. The van der Waals surface area contributed by atoms with Gasteiger partial charge in [0.25, 0.3) is 0 Å². The zero-order valence-corrected chi connectivity index (χ0v) is 9.89. The van der Waals surface area contributed by atoms with Crippen LogP contribution in [-0.2, 0) is 6.54 Å². The SMILES string of the molecule is N#Cc1ccc(CNc2ccnc(C#N)c2)c(F)c1. The molecule has 0 aliphatic carbocycles. The van der Waals surface area contributed by atoms with Gasteiger partial charge < -0.3 is 5.32 Å². The normalized spacial score (nSPS) is 9.42. The van der Waals surface area contributed by atoms with Crippen LogP contribution in [0.2, 0.25) is 0 Å². The lowest BCUT2D eigenvalue weighted by molar-refractivity contribution is 0.612. The van der Waals surface area contributed by atoms with Gasteiger partial charge in [-0.1, -0.05) is 6.07 Å². The Morgan fingerprint density at radius 2 is 2.00 bits per heavy atom. The van der Waals surface area contributed by atoms with Crippen LogP contribution < -0.4 is 5.32 Å². The van der Waals surface area contributed by atoms with Crippen molar-refractivity contribution in [1.82, 2.24) is 4.98 Å². The van der Waals surface area contributed by atoms with Gasteiger partial charge in [-0.25, -0.2) is 9.37 Å². The van der Waals surface area contributed by atoms with Gasteiger partial charge in [0.15, 0.2) is 0 Å². The lowest BCUT2D eigenvalue weighted by Gasteiger charge is -2.07. The van der Waals surface area contributed by atoms with Crippen LogP contribution in [0.15, 0.2) is 36.5 Å². The number of pyridine rings is 1. The number of nitriles is 2. The van der Waals surface area contributed by atoms with Crippen molar-refractivity contribution in [2.24, 2.45) is 0 Å². The Morgan fingerprint density at radius 3 is 2.68 bits per heavy atom. The standard InChI is InChI=1S/C14H9FN4/c15-14-5-10(7-16)1-2-11(14)9-19-12-3-4-18-13(6-12)8-17/h1-6H,9H2,(H,18,19). The number of nitrogens with one attached hydrogen (secondary N) is 1. The minimum Gasteiger partial charge on any atom is -0.381 e. The first kappa shape index (κ1) is 12.5. The number of rotatable bonds is 3. The fourth-order valence-electron chi connectivity index (χ4n) is 1.56. The van der Waals surface area contributed by atoms with Crippen molar-refractivity contribution >= 4 is 5.69 Å². The third-order valence-electron chi connectivity index (χ3n) is 2.54. The Morgan fingerprint density at radius 1 is 1.16 bits per heavy atom. The van der Waals surface area contributed by atoms with E-state index in [2.05, 4.69) is 10.3 Å². The van der Waals surface area contributed by atoms with Crippen molar-refractivity contribution in [1.29, 1.82) is 10.5 Å². The van der Waals surface area contributed by atoms with Gasteiger partial charge in [0.2, 0.25) is 0 Å². The average Bonchev–Trinajstić information content (AvgIpc) is 2.46. The fourth-order valence-corrected chi connectivity index (χ4v) is 1.56. The topological polar surface area (TPSA) is 72.5 Å². The second kappa shape index (κ2) is 5.61. The van der Waals surface area contributed by atoms with Crippen molar-refractivity contribution in [2.75, 3.05) is 5.32 Å². The summed E-state index contributed by atoms with van der Waals surface area (Å²) in [5.74, 6) is -0.430. The van der Waals surface area contributed by atoms with Crippen LogP contribution in [0.1, 0.15) is 16.8 Å². The summed E-state index contributed by atoms with van der Waals surface area (Å²) in [6.45, 7) is 0.270. The van der Waals surface area contributed by atoms with E-state index in [-0.39, 0.29) is 12.1 Å². The van der Waals surface area contributed by atoms with Gasteiger partial charge in [-0.3, -0.25) is 0 Å². The molecule has 0 atom stereocenters. The summed E-state index contributed by atoms with van der Waals surface area (Å²) in [7, 11) is 0. The number of anilines is 1. The molecule has 0 bridgehead atoms. The van der Waals surface area contributed by atoms with E-state index in [1.165, 1.54) is 12.3 Å². The van der Waals surface area contributed by atoms with E-state index < -0.39 is 5.82 Å². The highest BCUT2D eigenvalue weighted by Crippen LogP contribution is 2.13. The second-order valence-corrected chi connectivity index (χ2v) is 3.81. The Labute approximate surface area is 109 Å². The summed E-state index contributed by atoms with van der Waals surface area (Å²) in [5, 5.41) is 20.4. The molecule has 2 aromatic rings. The molecule has 0 amide bonds. The molecule has 0 radical (unpaired) electrons. The maximum absolute atomic E-state index is 13.6. The van der Waals surface area contributed by atoms with E-state index in [1.807, 2.05) is 12.1 Å². The quantitative estimate of drug-likeness (QED) is 0.911. The van der Waals surface area contributed by atoms with E-state index >= 15 is 0 Å². The van der Waals surface area contributed by atoms with E-state index in [4.69, 9.17) is 10.5 Å². The van der Waals surface area contributed by atoms with Crippen LogP contribution >= 0.6 is 0 Å². The lowest BCUT2D eigenvalue weighted by Crippen LogP contribution is -2.02. The zero-order valence-electron chi connectivity index (χ0n) is 9.89. The molecule has 92 valence electrons. The molecule has 1 aromatic carbocycles. The van der Waals surface area contributed by atoms with Crippen LogP contribution in [-0.4, -0.2) is 4.98 Å². The van der Waals surface area contributed by atoms with Crippen molar-refractivity contribution in [3.8, 4) is 12.1 Å². The van der Waals surface area contributed by atoms with Crippen molar-refractivity contribution < 1.29 is 4.39 Å². The monoisotopic (exact) mass is 252 g/mol. The molecule has 2 rings (SSSR count). The largest absolute Gasteiger partial charge is 0.381 e. The molecule has 0 saturated heterocycles. The van der Waals surface area contributed by atoms with Gasteiger partial charge >= 0.3 is 0 Å². The summed E-state index contributed by atoms with van der Waals surface area (Å²) in [4.78, 5) is 3.84. The van der Waals surface area contributed by atoms with Gasteiger partial charge in [-0.15, -0.1) is 0 Å². The molecule has 1 aromatic heterocycles. The zero-order chi connectivity index (χ0) is 13.7. The van der Waals surface area contributed by atoms with E-state index in [0.717, 1.165) is 0 Å². The molecule has 0 spiro atoms. The maximum atomic E-state index is 13.6. The third kappa shape index (κ3) is 3.05. The van der Waals surface area contributed by atoms with Gasteiger partial charge in [0.05, 0.1) is 11.6 Å². The maximum Gasteiger partial charge on any atom is 0.142 e. The van der Waals surface area contributed by atoms with E-state index in [9.17, 15) is 4.39 Å². The number of hydrogen-bond acceptors (Lipinski definition) is 4. The number of benzene rings is 1. The average molecular weight is 252 g/mol. The summed E-state index contributed by atoms with van der Waals surface area (Å²) < 4.78 is 13.6. The molecule has 0 aliphatic heterocycles. The number of aromatic nitrogens is 1. The Hall–Kier alpha value is -2.92. The van der Waals surface area contributed by atoms with Crippen LogP contribution in [0.3, 0.4) is 0 Å². The smallest absolute Gasteiger partial charge is 0.142 e. The molecule has 1 N–H and O–H groups in total. The van der Waals surface area contributed by atoms with E-state index in [1.54, 1.807) is 24.3 Å². The van der Waals surface area contributed by atoms with Crippen molar-refractivity contribution in [3.05, 3.63) is 59.2 Å². The highest BCUT2D eigenvalue weighted by molar-refractivity contribution is 5.46. The molecule has 0 saturated carbocycles. The predicted octanol–water partition coefficient (Wildman–Crippen LogP) is 2.58. The molecule has 0 aliphatic rings. The molecule has 5 heteroatoms. The molecule has 19 heavy (non-hydrogen) atoms. The Kier molecular flexibility index (Phi) is 3.70. The summed E-state index contributed by atoms with van der Waals surface area (Å²) in [6, 6.07) is 11.4. The molecular formula is C14H9FN4. The summed E-state index contributed by atoms with van der Waals surface area (Å²) in [5.41, 5.74) is 1.73. The van der Waals surface area contributed by atoms with Crippen LogP contribution in [0.25, 0.3) is 0 Å². The summed E-state index contributed by atoms with van der Waals surface area (Å²) in [6.07, 6.45) is 1.51. The second-order valence-electron chi connectivity index (χ2n) is 3.81. The summed E-state index contributed by atoms with van der Waals surface area (Å²) >= 11 is 0. The van der Waals surface area contributed by atoms with Crippen LogP contribution in [0, 0.1) is 28.5 Å². The Bertz CT molecular complexity index is 683. The minimum atomic E-state index is -0.430. The van der Waals surface area contributed by atoms with Crippen LogP contribution in [0.4, 0.5) is 10.1 Å². The minimum absolute atomic E-state index is 0.270. The molecule has 0 fully saturated rings. The van der Waals surface area contributed by atoms with Gasteiger partial charge in [0, 0.05) is 24.0 Å². The number of halogens is 1. The number of nitrogens with zero attached hydrogens (tertiary/aromatic N) is 3. The third-order valence-corrected chi connectivity index (χ3v) is 2.54. The highest BCUT2D eigenvalue weighted by Gasteiger charge is 2.04. The predicted molar refractivity (Wildman–Crippen MR) is 67.4 cm³/mol. The number of hydrogen-bond donors (Lipinski definition) is 1. The highest BCUT2D eigenvalue weighted by atomic mass is 19.1. The van der Waals surface area contributed by atoms with Gasteiger partial charge in [-0.2, -0.15) is 10.5 Å². The van der Waals surface area contributed by atoms with E-state index in [0.29, 0.717) is 16.9 Å².